The molecular weight excluding hydrogens is 867 g/mol. The predicted octanol–water partition coefficient (Wildman–Crippen LogP) is 16.7. The van der Waals surface area contributed by atoms with Crippen molar-refractivity contribution in [2.45, 2.75) is 285 Å². The van der Waals surface area contributed by atoms with E-state index in [1.54, 1.807) is 0 Å². The molecule has 0 aromatic rings. The van der Waals surface area contributed by atoms with Crippen molar-refractivity contribution < 1.29 is 42.8 Å². The molecule has 0 aromatic carbocycles. The Hall–Kier alpha value is -1.91. The zero-order valence-corrected chi connectivity index (χ0v) is 46.6. The molecule has 0 aliphatic heterocycles. The van der Waals surface area contributed by atoms with Gasteiger partial charge in [-0.15, -0.1) is 0 Å². The second kappa shape index (κ2) is 53.9. The number of hydrogen-bond acceptors (Lipinski definition) is 9. The standard InChI is InChI=1S/C59H115NO9/c1-7-13-18-29-36-46-67-59(63)60(45-47-65-50-51-66-49-48-64-12-6)56(41-32-25-21-23-27-34-43-57(61)68-52-54(37-16-10-4)39-30-19-14-8-2)42-33-26-22-24-28-35-44-58(62)69-53-55(38-17-11-5)40-31-20-15-9-3/h54-56H,7-53H2,1-6H3. The second-order valence-corrected chi connectivity index (χ2v) is 20.2. The predicted molar refractivity (Wildman–Crippen MR) is 288 cm³/mol. The minimum atomic E-state index is -0.216. The number of nitrogens with zero attached hydrogens (tertiary/aromatic N) is 1. The van der Waals surface area contributed by atoms with Crippen LogP contribution in [0.3, 0.4) is 0 Å². The highest BCUT2D eigenvalue weighted by Gasteiger charge is 2.25. The van der Waals surface area contributed by atoms with Crippen LogP contribution < -0.4 is 0 Å². The summed E-state index contributed by atoms with van der Waals surface area (Å²) in [4.78, 5) is 41.0. The molecule has 0 N–H and O–H groups in total. The summed E-state index contributed by atoms with van der Waals surface area (Å²) in [7, 11) is 0. The summed E-state index contributed by atoms with van der Waals surface area (Å²) in [6.45, 7) is 18.5. The summed E-state index contributed by atoms with van der Waals surface area (Å²) < 4.78 is 34.5. The highest BCUT2D eigenvalue weighted by Crippen LogP contribution is 2.23. The minimum absolute atomic E-state index is 0.0338. The Bertz CT molecular complexity index is 1040. The molecule has 0 spiro atoms. The number of rotatable bonds is 55. The Morgan fingerprint density at radius 3 is 1.17 bits per heavy atom. The van der Waals surface area contributed by atoms with E-state index in [-0.39, 0.29) is 24.1 Å². The van der Waals surface area contributed by atoms with Crippen LogP contribution in [0.5, 0.6) is 0 Å². The van der Waals surface area contributed by atoms with E-state index >= 15 is 0 Å². The third kappa shape index (κ3) is 45.7. The lowest BCUT2D eigenvalue weighted by Crippen LogP contribution is -2.43. The van der Waals surface area contributed by atoms with Crippen LogP contribution in [-0.4, -0.2) is 95.0 Å². The minimum Gasteiger partial charge on any atom is -0.465 e. The summed E-state index contributed by atoms with van der Waals surface area (Å²) in [6.07, 6.45) is 40.4. The van der Waals surface area contributed by atoms with Gasteiger partial charge in [-0.1, -0.05) is 202 Å². The Morgan fingerprint density at radius 1 is 0.348 bits per heavy atom. The maximum atomic E-state index is 13.8. The highest BCUT2D eigenvalue weighted by atomic mass is 16.6. The quantitative estimate of drug-likeness (QED) is 0.0334. The van der Waals surface area contributed by atoms with Crippen LogP contribution >= 0.6 is 0 Å². The summed E-state index contributed by atoms with van der Waals surface area (Å²) in [5, 5.41) is 0. The van der Waals surface area contributed by atoms with Gasteiger partial charge in [-0.3, -0.25) is 9.59 Å². The van der Waals surface area contributed by atoms with Crippen LogP contribution in [0.25, 0.3) is 0 Å². The zero-order chi connectivity index (χ0) is 50.5. The molecule has 0 aliphatic carbocycles. The van der Waals surface area contributed by atoms with Crippen molar-refractivity contribution in [1.82, 2.24) is 4.90 Å². The Balaban J connectivity index is 5.17. The van der Waals surface area contributed by atoms with E-state index in [0.29, 0.717) is 90.7 Å². The fourth-order valence-corrected chi connectivity index (χ4v) is 9.18. The first-order chi connectivity index (χ1) is 33.9. The topological polar surface area (TPSA) is 110 Å². The van der Waals surface area contributed by atoms with Crippen molar-refractivity contribution in [1.29, 1.82) is 0 Å². The average Bonchev–Trinajstić information content (AvgIpc) is 3.35. The highest BCUT2D eigenvalue weighted by molar-refractivity contribution is 5.69. The average molecular weight is 983 g/mol. The molecule has 0 rings (SSSR count). The van der Waals surface area contributed by atoms with Crippen LogP contribution in [0.4, 0.5) is 4.79 Å². The maximum absolute atomic E-state index is 13.8. The molecule has 2 atom stereocenters. The van der Waals surface area contributed by atoms with Gasteiger partial charge in [0.25, 0.3) is 0 Å². The SMILES string of the molecule is CCCCCCCOC(=O)N(CCOCCOCCOCC)C(CCCCCCCCC(=O)OCC(CCCC)CCCCCC)CCCCCCCCC(=O)OCC(CCCC)CCCCCC. The number of unbranched alkanes of at least 4 members (excludes halogenated alkanes) is 22. The molecule has 10 heteroatoms. The number of hydrogen-bond donors (Lipinski definition) is 0. The van der Waals surface area contributed by atoms with E-state index < -0.39 is 0 Å². The largest absolute Gasteiger partial charge is 0.465 e. The first-order valence-electron chi connectivity index (χ1n) is 29.8. The van der Waals surface area contributed by atoms with E-state index in [1.165, 1.54) is 109 Å². The number of ether oxygens (including phenoxy) is 6. The third-order valence-corrected chi connectivity index (χ3v) is 13.7. The van der Waals surface area contributed by atoms with Crippen molar-refractivity contribution in [3.05, 3.63) is 0 Å². The smallest absolute Gasteiger partial charge is 0.410 e. The molecule has 0 aliphatic rings. The van der Waals surface area contributed by atoms with Crippen molar-refractivity contribution in [3.8, 4) is 0 Å². The molecule has 0 fully saturated rings. The normalized spacial score (nSPS) is 12.8. The van der Waals surface area contributed by atoms with Crippen molar-refractivity contribution >= 4 is 18.0 Å². The van der Waals surface area contributed by atoms with Gasteiger partial charge in [-0.25, -0.2) is 4.79 Å². The molecule has 1 amide bonds. The van der Waals surface area contributed by atoms with E-state index in [2.05, 4.69) is 34.6 Å². The first-order valence-corrected chi connectivity index (χ1v) is 29.8. The summed E-state index contributed by atoms with van der Waals surface area (Å²) >= 11 is 0. The van der Waals surface area contributed by atoms with Gasteiger partial charge in [0.05, 0.1) is 52.9 Å². The Morgan fingerprint density at radius 2 is 0.710 bits per heavy atom. The molecule has 0 radical (unpaired) electrons. The lowest BCUT2D eigenvalue weighted by molar-refractivity contribution is -0.146. The summed E-state index contributed by atoms with van der Waals surface area (Å²) in [5.41, 5.74) is 0. The van der Waals surface area contributed by atoms with Crippen LogP contribution in [0.1, 0.15) is 279 Å². The monoisotopic (exact) mass is 982 g/mol. The Labute approximate surface area is 427 Å². The molecule has 0 heterocycles. The van der Waals surface area contributed by atoms with Gasteiger partial charge < -0.3 is 33.3 Å². The Kier molecular flexibility index (Phi) is 52.4. The van der Waals surface area contributed by atoms with Crippen LogP contribution in [0.15, 0.2) is 0 Å². The van der Waals surface area contributed by atoms with E-state index in [9.17, 15) is 14.4 Å². The van der Waals surface area contributed by atoms with E-state index in [4.69, 9.17) is 28.4 Å². The van der Waals surface area contributed by atoms with Gasteiger partial charge in [-0.05, 0) is 76.5 Å². The molecule has 0 saturated carbocycles. The van der Waals surface area contributed by atoms with E-state index in [0.717, 1.165) is 116 Å². The first kappa shape index (κ1) is 67.1. The molecule has 69 heavy (non-hydrogen) atoms. The van der Waals surface area contributed by atoms with Gasteiger partial charge in [0.1, 0.15) is 0 Å². The van der Waals surface area contributed by atoms with Gasteiger partial charge in [0.2, 0.25) is 0 Å². The molecule has 0 bridgehead atoms. The number of carbonyl (C=O) groups excluding carboxylic acids is 3. The van der Waals surface area contributed by atoms with Gasteiger partial charge in [-0.2, -0.15) is 0 Å². The van der Waals surface area contributed by atoms with Crippen molar-refractivity contribution in [2.75, 3.05) is 66.0 Å². The molecular formula is C59H115NO9. The fourth-order valence-electron chi connectivity index (χ4n) is 9.18. The molecule has 410 valence electrons. The van der Waals surface area contributed by atoms with Crippen LogP contribution in [0, 0.1) is 11.8 Å². The zero-order valence-electron chi connectivity index (χ0n) is 46.6. The summed E-state index contributed by atoms with van der Waals surface area (Å²) in [6, 6.07) is 0.0915. The van der Waals surface area contributed by atoms with E-state index in [1.807, 2.05) is 11.8 Å². The van der Waals surface area contributed by atoms with Crippen molar-refractivity contribution in [2.24, 2.45) is 11.8 Å². The van der Waals surface area contributed by atoms with Gasteiger partial charge >= 0.3 is 18.0 Å². The second-order valence-electron chi connectivity index (χ2n) is 20.2. The number of esters is 2. The maximum Gasteiger partial charge on any atom is 0.410 e. The van der Waals surface area contributed by atoms with Crippen LogP contribution in [-0.2, 0) is 38.0 Å². The molecule has 0 aromatic heterocycles. The van der Waals surface area contributed by atoms with Gasteiger partial charge in [0.15, 0.2) is 0 Å². The molecule has 2 unspecified atom stereocenters. The van der Waals surface area contributed by atoms with Crippen LogP contribution in [0.2, 0.25) is 0 Å². The fraction of sp³-hybridized carbons (Fsp3) is 0.949. The number of amides is 1. The number of carbonyl (C=O) groups is 3. The molecule has 10 nitrogen and oxygen atoms in total. The third-order valence-electron chi connectivity index (χ3n) is 13.7. The lowest BCUT2D eigenvalue weighted by atomic mass is 9.96. The summed E-state index contributed by atoms with van der Waals surface area (Å²) in [5.74, 6) is 0.938. The molecule has 0 saturated heterocycles. The van der Waals surface area contributed by atoms with Gasteiger partial charge in [0, 0.05) is 32.0 Å². The lowest BCUT2D eigenvalue weighted by Gasteiger charge is -2.31. The van der Waals surface area contributed by atoms with Crippen molar-refractivity contribution in [3.63, 3.8) is 0 Å².